The molecule has 0 aliphatic rings. The maximum Gasteiger partial charge on any atom is 0.408 e. The minimum Gasteiger partial charge on any atom is -0.444 e. The first-order valence-corrected chi connectivity index (χ1v) is 5.62. The molecule has 0 radical (unpaired) electrons. The number of amides is 1. The molecule has 1 rings (SSSR count). The highest BCUT2D eigenvalue weighted by Crippen LogP contribution is 2.09. The molecule has 15 heavy (non-hydrogen) atoms. The van der Waals surface area contributed by atoms with Gasteiger partial charge in [0.25, 0.3) is 0 Å². The van der Waals surface area contributed by atoms with E-state index in [1.54, 1.807) is 0 Å². The number of hydrogen-bond acceptors (Lipinski definition) is 4. The molecule has 0 atom stereocenters. The number of nitrogens with one attached hydrogen (secondary N) is 1. The third-order valence-corrected chi connectivity index (χ3v) is 2.42. The summed E-state index contributed by atoms with van der Waals surface area (Å²) in [6, 6.07) is 0. The molecule has 5 heteroatoms. The van der Waals surface area contributed by atoms with E-state index in [-0.39, 0.29) is 0 Å². The number of thiazole rings is 1. The standard InChI is InChI=1S/C10H16N2O2S/c1-7-6-15-8(12-7)5-11-9(13)14-10(2,3)4/h6H,5H2,1-4H3,(H,11,13). The number of carbonyl (C=O) groups is 1. The Morgan fingerprint density at radius 2 is 2.27 bits per heavy atom. The first-order valence-electron chi connectivity index (χ1n) is 4.75. The molecule has 0 aliphatic heterocycles. The topological polar surface area (TPSA) is 51.2 Å². The number of aryl methyl sites for hydroxylation is 1. The van der Waals surface area contributed by atoms with E-state index in [0.29, 0.717) is 6.54 Å². The molecule has 0 fully saturated rings. The number of hydrogen-bond donors (Lipinski definition) is 1. The molecule has 0 aliphatic carbocycles. The summed E-state index contributed by atoms with van der Waals surface area (Å²) in [5, 5.41) is 5.49. The maximum atomic E-state index is 11.3. The van der Waals surface area contributed by atoms with E-state index in [1.807, 2.05) is 33.1 Å². The molecule has 0 spiro atoms. The van der Waals surface area contributed by atoms with Crippen LogP contribution in [0.15, 0.2) is 5.38 Å². The molecule has 1 aromatic rings. The Bertz CT molecular complexity index is 341. The monoisotopic (exact) mass is 228 g/mol. The summed E-state index contributed by atoms with van der Waals surface area (Å²) >= 11 is 1.53. The Labute approximate surface area is 93.7 Å². The molecule has 0 unspecified atom stereocenters. The predicted octanol–water partition coefficient (Wildman–Crippen LogP) is 2.48. The van der Waals surface area contributed by atoms with Crippen molar-refractivity contribution in [2.75, 3.05) is 0 Å². The van der Waals surface area contributed by atoms with Crippen molar-refractivity contribution in [1.29, 1.82) is 0 Å². The van der Waals surface area contributed by atoms with Crippen LogP contribution in [0.1, 0.15) is 31.5 Å². The van der Waals surface area contributed by atoms with Gasteiger partial charge in [-0.25, -0.2) is 9.78 Å². The zero-order chi connectivity index (χ0) is 11.5. The predicted molar refractivity (Wildman–Crippen MR) is 59.9 cm³/mol. The van der Waals surface area contributed by atoms with Crippen molar-refractivity contribution in [1.82, 2.24) is 10.3 Å². The summed E-state index contributed by atoms with van der Waals surface area (Å²) in [5.41, 5.74) is 0.518. The molecule has 0 bridgehead atoms. The number of nitrogens with zero attached hydrogens (tertiary/aromatic N) is 1. The van der Waals surface area contributed by atoms with Crippen LogP contribution in [0.25, 0.3) is 0 Å². The summed E-state index contributed by atoms with van der Waals surface area (Å²) in [6.45, 7) is 7.85. The van der Waals surface area contributed by atoms with Crippen LogP contribution in [0.4, 0.5) is 4.79 Å². The fourth-order valence-electron chi connectivity index (χ4n) is 0.946. The zero-order valence-corrected chi connectivity index (χ0v) is 10.3. The van der Waals surface area contributed by atoms with Gasteiger partial charge in [-0.1, -0.05) is 0 Å². The largest absolute Gasteiger partial charge is 0.444 e. The van der Waals surface area contributed by atoms with Gasteiger partial charge < -0.3 is 10.1 Å². The Balaban J connectivity index is 2.35. The van der Waals surface area contributed by atoms with Crippen molar-refractivity contribution in [2.45, 2.75) is 39.8 Å². The molecular weight excluding hydrogens is 212 g/mol. The minimum atomic E-state index is -0.455. The summed E-state index contributed by atoms with van der Waals surface area (Å²) in [7, 11) is 0. The SMILES string of the molecule is Cc1csc(CNC(=O)OC(C)(C)C)n1. The van der Waals surface area contributed by atoms with Crippen molar-refractivity contribution in [3.05, 3.63) is 16.1 Å². The average molecular weight is 228 g/mol. The highest BCUT2D eigenvalue weighted by Gasteiger charge is 2.15. The van der Waals surface area contributed by atoms with Crippen LogP contribution in [0.2, 0.25) is 0 Å². The average Bonchev–Trinajstić information content (AvgIpc) is 2.45. The van der Waals surface area contributed by atoms with Crippen LogP contribution >= 0.6 is 11.3 Å². The number of carbonyl (C=O) groups excluding carboxylic acids is 1. The molecule has 84 valence electrons. The van der Waals surface area contributed by atoms with E-state index in [9.17, 15) is 4.79 Å². The first kappa shape index (κ1) is 12.0. The molecule has 4 nitrogen and oxygen atoms in total. The molecule has 1 heterocycles. The lowest BCUT2D eigenvalue weighted by atomic mass is 10.2. The summed E-state index contributed by atoms with van der Waals surface area (Å²) in [5.74, 6) is 0. The fraction of sp³-hybridized carbons (Fsp3) is 0.600. The fourth-order valence-corrected chi connectivity index (χ4v) is 1.66. The Morgan fingerprint density at radius 3 is 2.73 bits per heavy atom. The lowest BCUT2D eigenvalue weighted by Gasteiger charge is -2.19. The third kappa shape index (κ3) is 4.78. The number of aromatic nitrogens is 1. The zero-order valence-electron chi connectivity index (χ0n) is 9.46. The molecule has 0 saturated heterocycles. The summed E-state index contributed by atoms with van der Waals surface area (Å²) < 4.78 is 5.09. The minimum absolute atomic E-state index is 0.407. The Morgan fingerprint density at radius 1 is 1.60 bits per heavy atom. The number of alkyl carbamates (subject to hydrolysis) is 1. The van der Waals surface area contributed by atoms with Crippen molar-refractivity contribution >= 4 is 17.4 Å². The first-order chi connectivity index (χ1) is 6.87. The lowest BCUT2D eigenvalue weighted by Crippen LogP contribution is -2.32. The number of ether oxygens (including phenoxy) is 1. The van der Waals surface area contributed by atoms with E-state index in [1.165, 1.54) is 11.3 Å². The van der Waals surface area contributed by atoms with E-state index >= 15 is 0 Å². The van der Waals surface area contributed by atoms with Crippen LogP contribution in [0.3, 0.4) is 0 Å². The smallest absolute Gasteiger partial charge is 0.408 e. The molecular formula is C10H16N2O2S. The van der Waals surface area contributed by atoms with Gasteiger partial charge in [0.2, 0.25) is 0 Å². The van der Waals surface area contributed by atoms with Crippen molar-refractivity contribution < 1.29 is 9.53 Å². The third-order valence-electron chi connectivity index (χ3n) is 1.45. The highest BCUT2D eigenvalue weighted by atomic mass is 32.1. The van der Waals surface area contributed by atoms with E-state index < -0.39 is 11.7 Å². The molecule has 1 amide bonds. The second-order valence-electron chi connectivity index (χ2n) is 4.24. The number of rotatable bonds is 2. The van der Waals surface area contributed by atoms with Crippen LogP contribution in [0.5, 0.6) is 0 Å². The summed E-state index contributed by atoms with van der Waals surface area (Å²) in [6.07, 6.45) is -0.407. The van der Waals surface area contributed by atoms with Gasteiger partial charge in [-0.05, 0) is 27.7 Å². The Hall–Kier alpha value is -1.10. The van der Waals surface area contributed by atoms with Crippen LogP contribution < -0.4 is 5.32 Å². The van der Waals surface area contributed by atoms with Gasteiger partial charge in [0, 0.05) is 11.1 Å². The van der Waals surface area contributed by atoms with E-state index in [2.05, 4.69) is 10.3 Å². The normalized spacial score (nSPS) is 11.2. The van der Waals surface area contributed by atoms with Gasteiger partial charge in [0.05, 0.1) is 6.54 Å². The molecule has 1 N–H and O–H groups in total. The Kier molecular flexibility index (Phi) is 3.68. The van der Waals surface area contributed by atoms with Gasteiger partial charge >= 0.3 is 6.09 Å². The van der Waals surface area contributed by atoms with Crippen molar-refractivity contribution in [3.8, 4) is 0 Å². The summed E-state index contributed by atoms with van der Waals surface area (Å²) in [4.78, 5) is 15.5. The second-order valence-corrected chi connectivity index (χ2v) is 5.18. The molecule has 1 aromatic heterocycles. The van der Waals surface area contributed by atoms with E-state index in [4.69, 9.17) is 4.74 Å². The lowest BCUT2D eigenvalue weighted by molar-refractivity contribution is 0.0523. The van der Waals surface area contributed by atoms with Gasteiger partial charge in [0.15, 0.2) is 0 Å². The quantitative estimate of drug-likeness (QED) is 0.846. The van der Waals surface area contributed by atoms with E-state index in [0.717, 1.165) is 10.7 Å². The van der Waals surface area contributed by atoms with Gasteiger partial charge in [-0.15, -0.1) is 11.3 Å². The van der Waals surface area contributed by atoms with Gasteiger partial charge in [0.1, 0.15) is 10.6 Å². The van der Waals surface area contributed by atoms with Crippen molar-refractivity contribution in [2.24, 2.45) is 0 Å². The van der Waals surface area contributed by atoms with Gasteiger partial charge in [-0.3, -0.25) is 0 Å². The van der Waals surface area contributed by atoms with Gasteiger partial charge in [-0.2, -0.15) is 0 Å². The van der Waals surface area contributed by atoms with Crippen LogP contribution in [0, 0.1) is 6.92 Å². The maximum absolute atomic E-state index is 11.3. The molecule has 0 saturated carbocycles. The van der Waals surface area contributed by atoms with Crippen LogP contribution in [-0.4, -0.2) is 16.7 Å². The second kappa shape index (κ2) is 4.61. The molecule has 0 aromatic carbocycles. The van der Waals surface area contributed by atoms with Crippen LogP contribution in [-0.2, 0) is 11.3 Å². The van der Waals surface area contributed by atoms with Crippen molar-refractivity contribution in [3.63, 3.8) is 0 Å². The highest BCUT2D eigenvalue weighted by molar-refractivity contribution is 7.09.